The van der Waals surface area contributed by atoms with Gasteiger partial charge in [0.1, 0.15) is 0 Å². The van der Waals surface area contributed by atoms with E-state index < -0.39 is 0 Å². The molecular weight excluding hydrogens is 412 g/mol. The lowest BCUT2D eigenvalue weighted by Crippen LogP contribution is -2.20. The number of carbonyl (C=O) groups is 1. The molecule has 6 heteroatoms. The molecule has 31 heavy (non-hydrogen) atoms. The predicted molar refractivity (Wildman–Crippen MR) is 126 cm³/mol. The fraction of sp³-hybridized carbons (Fsp3) is 0.200. The van der Waals surface area contributed by atoms with Crippen LogP contribution in [-0.4, -0.2) is 25.8 Å². The van der Waals surface area contributed by atoms with Gasteiger partial charge in [0.25, 0.3) is 5.91 Å². The zero-order chi connectivity index (χ0) is 22.4. The number of ether oxygens (including phenoxy) is 2. The molecule has 3 rings (SSSR count). The summed E-state index contributed by atoms with van der Waals surface area (Å²) in [6, 6.07) is 16.9. The summed E-state index contributed by atoms with van der Waals surface area (Å²) in [5.74, 6) is 0.709. The second-order valence-electron chi connectivity index (χ2n) is 7.24. The summed E-state index contributed by atoms with van der Waals surface area (Å²) in [5.41, 5.74) is 5.74. The van der Waals surface area contributed by atoms with Crippen LogP contribution >= 0.6 is 11.6 Å². The van der Waals surface area contributed by atoms with Crippen molar-refractivity contribution in [1.29, 1.82) is 0 Å². The smallest absolute Gasteiger partial charge is 0.262 e. The van der Waals surface area contributed by atoms with Gasteiger partial charge in [0, 0.05) is 16.9 Å². The molecule has 0 spiro atoms. The van der Waals surface area contributed by atoms with E-state index in [-0.39, 0.29) is 12.5 Å². The molecule has 3 aromatic rings. The van der Waals surface area contributed by atoms with Gasteiger partial charge in [0.05, 0.1) is 12.8 Å². The Morgan fingerprint density at radius 3 is 2.45 bits per heavy atom. The molecule has 160 valence electrons. The van der Waals surface area contributed by atoms with Crippen molar-refractivity contribution >= 4 is 35.1 Å². The van der Waals surface area contributed by atoms with Gasteiger partial charge in [0.2, 0.25) is 0 Å². The van der Waals surface area contributed by atoms with Crippen LogP contribution in [-0.2, 0) is 4.79 Å². The molecule has 0 atom stereocenters. The van der Waals surface area contributed by atoms with Crippen molar-refractivity contribution in [2.75, 3.05) is 19.0 Å². The van der Waals surface area contributed by atoms with Gasteiger partial charge in [-0.15, -0.1) is 0 Å². The first-order valence-corrected chi connectivity index (χ1v) is 10.2. The summed E-state index contributed by atoms with van der Waals surface area (Å²) in [6.07, 6.45) is 1.77. The topological polar surface area (TPSA) is 59.9 Å². The van der Waals surface area contributed by atoms with E-state index in [9.17, 15) is 4.79 Å². The average molecular weight is 437 g/mol. The predicted octanol–water partition coefficient (Wildman–Crippen LogP) is 6.04. The molecule has 0 heterocycles. The van der Waals surface area contributed by atoms with Crippen molar-refractivity contribution in [2.45, 2.75) is 20.8 Å². The van der Waals surface area contributed by atoms with Crippen LogP contribution in [0.25, 0.3) is 0 Å². The van der Waals surface area contributed by atoms with E-state index in [1.807, 2.05) is 37.3 Å². The fourth-order valence-electron chi connectivity index (χ4n) is 2.85. The summed E-state index contributed by atoms with van der Waals surface area (Å²) in [6.45, 7) is 5.88. The third-order valence-corrected chi connectivity index (χ3v) is 5.26. The summed E-state index contributed by atoms with van der Waals surface area (Å²) in [7, 11) is 1.56. The van der Waals surface area contributed by atoms with Crippen molar-refractivity contribution in [3.05, 3.63) is 81.9 Å². The van der Waals surface area contributed by atoms with E-state index in [1.54, 1.807) is 31.5 Å². The Labute approximate surface area is 187 Å². The van der Waals surface area contributed by atoms with Gasteiger partial charge in [-0.25, -0.2) is 0 Å². The number of anilines is 1. The summed E-state index contributed by atoms with van der Waals surface area (Å²) >= 11 is 6.09. The number of halogens is 1. The molecule has 0 aliphatic carbocycles. The molecule has 0 aliphatic heterocycles. The number of hydrogen-bond acceptors (Lipinski definition) is 4. The van der Waals surface area contributed by atoms with Crippen LogP contribution in [0.5, 0.6) is 11.5 Å². The number of nitrogens with zero attached hydrogens (tertiary/aromatic N) is 1. The number of nitrogens with one attached hydrogen (secondary N) is 1. The molecule has 0 saturated carbocycles. The van der Waals surface area contributed by atoms with Gasteiger partial charge in [0.15, 0.2) is 18.1 Å². The molecule has 0 bridgehead atoms. The maximum absolute atomic E-state index is 12.2. The van der Waals surface area contributed by atoms with Crippen LogP contribution in [0.2, 0.25) is 5.02 Å². The van der Waals surface area contributed by atoms with E-state index in [0.717, 1.165) is 16.8 Å². The lowest BCUT2D eigenvalue weighted by molar-refractivity contribution is -0.118. The Morgan fingerprint density at radius 1 is 0.968 bits per heavy atom. The van der Waals surface area contributed by atoms with Crippen molar-refractivity contribution < 1.29 is 14.3 Å². The Kier molecular flexibility index (Phi) is 7.32. The molecule has 5 nitrogen and oxygen atoms in total. The van der Waals surface area contributed by atoms with Crippen LogP contribution in [0, 0.1) is 20.8 Å². The molecule has 0 aliphatic rings. The van der Waals surface area contributed by atoms with E-state index in [0.29, 0.717) is 22.2 Å². The van der Waals surface area contributed by atoms with Crippen LogP contribution in [0.3, 0.4) is 0 Å². The number of amides is 1. The highest BCUT2D eigenvalue weighted by molar-refractivity contribution is 6.31. The number of aryl methyl sites for hydroxylation is 3. The van der Waals surface area contributed by atoms with Crippen molar-refractivity contribution in [1.82, 2.24) is 0 Å². The van der Waals surface area contributed by atoms with Gasteiger partial charge in [-0.2, -0.15) is 0 Å². The average Bonchev–Trinajstić information content (AvgIpc) is 2.76. The minimum atomic E-state index is -0.289. The third kappa shape index (κ3) is 6.09. The van der Waals surface area contributed by atoms with Crippen molar-refractivity contribution in [2.24, 2.45) is 4.99 Å². The van der Waals surface area contributed by atoms with Gasteiger partial charge < -0.3 is 14.8 Å². The van der Waals surface area contributed by atoms with Gasteiger partial charge in [-0.3, -0.25) is 9.79 Å². The number of carbonyl (C=O) groups excluding carboxylic acids is 1. The first kappa shape index (κ1) is 22.4. The van der Waals surface area contributed by atoms with Crippen LogP contribution < -0.4 is 14.8 Å². The van der Waals surface area contributed by atoms with Gasteiger partial charge in [-0.05, 0) is 85.5 Å². The zero-order valence-electron chi connectivity index (χ0n) is 18.0. The van der Waals surface area contributed by atoms with E-state index in [1.165, 1.54) is 11.1 Å². The van der Waals surface area contributed by atoms with Crippen LogP contribution in [0.1, 0.15) is 22.3 Å². The maximum Gasteiger partial charge on any atom is 0.262 e. The highest BCUT2D eigenvalue weighted by atomic mass is 35.5. The second-order valence-corrected chi connectivity index (χ2v) is 7.65. The third-order valence-electron chi connectivity index (χ3n) is 4.86. The molecular formula is C25H25ClN2O3. The lowest BCUT2D eigenvalue weighted by Gasteiger charge is -2.12. The Bertz CT molecular complexity index is 1130. The van der Waals surface area contributed by atoms with Gasteiger partial charge in [-0.1, -0.05) is 23.7 Å². The number of hydrogen-bond donors (Lipinski definition) is 1. The molecule has 0 fully saturated rings. The number of aliphatic imine (C=N–C) groups is 1. The summed E-state index contributed by atoms with van der Waals surface area (Å²) in [4.78, 5) is 16.7. The normalized spacial score (nSPS) is 10.9. The standard InChI is InChI=1S/C25H25ClN2O3/c1-16-5-8-20(11-18(16)3)27-14-19-7-10-23(24(12-19)30-4)31-15-25(29)28-21-9-6-17(2)22(26)13-21/h5-14H,15H2,1-4H3,(H,28,29). The minimum Gasteiger partial charge on any atom is -0.493 e. The Balaban J connectivity index is 1.64. The molecule has 0 aromatic heterocycles. The Hall–Kier alpha value is -3.31. The van der Waals surface area contributed by atoms with Gasteiger partial charge >= 0.3 is 0 Å². The summed E-state index contributed by atoms with van der Waals surface area (Å²) in [5, 5.41) is 3.36. The molecule has 1 amide bonds. The molecule has 1 N–H and O–H groups in total. The SMILES string of the molecule is COc1cc(C=Nc2ccc(C)c(C)c2)ccc1OCC(=O)Nc1ccc(C)c(Cl)c1. The monoisotopic (exact) mass is 436 g/mol. The highest BCUT2D eigenvalue weighted by Crippen LogP contribution is 2.28. The first-order chi connectivity index (χ1) is 14.9. The summed E-state index contributed by atoms with van der Waals surface area (Å²) < 4.78 is 11.1. The van der Waals surface area contributed by atoms with Crippen LogP contribution in [0.4, 0.5) is 11.4 Å². The zero-order valence-corrected chi connectivity index (χ0v) is 18.8. The Morgan fingerprint density at radius 2 is 1.74 bits per heavy atom. The molecule has 0 saturated heterocycles. The van der Waals surface area contributed by atoms with Crippen molar-refractivity contribution in [3.63, 3.8) is 0 Å². The fourth-order valence-corrected chi connectivity index (χ4v) is 3.03. The van der Waals surface area contributed by atoms with Crippen LogP contribution in [0.15, 0.2) is 59.6 Å². The minimum absolute atomic E-state index is 0.155. The molecule has 0 radical (unpaired) electrons. The maximum atomic E-state index is 12.2. The number of benzene rings is 3. The van der Waals surface area contributed by atoms with E-state index >= 15 is 0 Å². The van der Waals surface area contributed by atoms with Crippen molar-refractivity contribution in [3.8, 4) is 11.5 Å². The second kappa shape index (κ2) is 10.1. The largest absolute Gasteiger partial charge is 0.493 e. The number of methoxy groups -OCH3 is 1. The molecule has 3 aromatic carbocycles. The van der Waals surface area contributed by atoms with E-state index in [4.69, 9.17) is 21.1 Å². The number of rotatable bonds is 7. The van der Waals surface area contributed by atoms with E-state index in [2.05, 4.69) is 30.2 Å². The quantitative estimate of drug-likeness (QED) is 0.459. The first-order valence-electron chi connectivity index (χ1n) is 9.84. The molecule has 0 unspecified atom stereocenters. The highest BCUT2D eigenvalue weighted by Gasteiger charge is 2.09. The lowest BCUT2D eigenvalue weighted by atomic mass is 10.1.